The molecule has 0 radical (unpaired) electrons. The van der Waals surface area contributed by atoms with Gasteiger partial charge in [0.2, 0.25) is 0 Å². The molecule has 8 N–H and O–H groups in total. The van der Waals surface area contributed by atoms with E-state index in [1.54, 1.807) is 13.8 Å². The maximum Gasteiger partial charge on any atom is 0.320 e. The van der Waals surface area contributed by atoms with Gasteiger partial charge in [0.25, 0.3) is 5.91 Å². The minimum Gasteiger partial charge on any atom is -0.401 e. The molecular weight excluding hydrogens is 391 g/mol. The first-order valence-corrected chi connectivity index (χ1v) is 8.85. The molecule has 0 aromatic heterocycles. The van der Waals surface area contributed by atoms with Crippen molar-refractivity contribution < 1.29 is 14.0 Å². The van der Waals surface area contributed by atoms with E-state index in [0.717, 1.165) is 12.4 Å². The molecule has 1 aliphatic heterocycles. The minimum atomic E-state index is -1.18. The maximum absolute atomic E-state index is 13.0. The largest absolute Gasteiger partial charge is 0.401 e. The number of hydrazone groups is 1. The van der Waals surface area contributed by atoms with Gasteiger partial charge in [-0.3, -0.25) is 10.2 Å². The monoisotopic (exact) mass is 414 g/mol. The molecule has 0 bridgehead atoms. The van der Waals surface area contributed by atoms with E-state index >= 15 is 0 Å². The molecule has 3 amide bonds. The number of rotatable bonds is 8. The molecule has 1 saturated heterocycles. The zero-order chi connectivity index (χ0) is 22.3. The van der Waals surface area contributed by atoms with Crippen LogP contribution < -0.4 is 27.1 Å². The van der Waals surface area contributed by atoms with Crippen LogP contribution in [0.3, 0.4) is 0 Å². The smallest absolute Gasteiger partial charge is 0.320 e. The number of anilines is 1. The minimum absolute atomic E-state index is 0.103. The fraction of sp³-hybridized carbons (Fsp3) is 0.211. The van der Waals surface area contributed by atoms with E-state index in [9.17, 15) is 14.0 Å². The Hall–Kier alpha value is -4.02. The third-order valence-electron chi connectivity index (χ3n) is 4.43. The van der Waals surface area contributed by atoms with Crippen LogP contribution in [0.5, 0.6) is 0 Å². The zero-order valence-corrected chi connectivity index (χ0v) is 16.5. The quantitative estimate of drug-likeness (QED) is 0.251. The van der Waals surface area contributed by atoms with Crippen molar-refractivity contribution in [2.75, 3.05) is 12.0 Å². The number of amides is 3. The molecule has 2 rings (SSSR count). The van der Waals surface area contributed by atoms with Gasteiger partial charge in [-0.15, -0.1) is 0 Å². The normalized spacial score (nSPS) is 20.7. The van der Waals surface area contributed by atoms with E-state index in [0.29, 0.717) is 22.7 Å². The molecule has 0 saturated carbocycles. The van der Waals surface area contributed by atoms with Gasteiger partial charge in [0.15, 0.2) is 5.71 Å². The molecular formula is C19H23FN8O2. The second-order valence-corrected chi connectivity index (χ2v) is 6.50. The highest BCUT2D eigenvalue weighted by molar-refractivity contribution is 6.60. The Morgan fingerprint density at radius 2 is 1.97 bits per heavy atom. The summed E-state index contributed by atoms with van der Waals surface area (Å²) in [7, 11) is 0. The standard InChI is InChI=1S/C19H23FN8O2/c1-11(7-8-21)19(16(12(2)23)25-18(30)26-19)10-24-17(29)15(9-22)28-27-14-5-3-13(20)4-6-14/h3-9,21-22,27H,10,23H2,1-2H3,(H,24,29)(H2,25,26,30)/b11-7+,16-12+,21-8?,22-9?,28-15+. The Kier molecular flexibility index (Phi) is 7.02. The Morgan fingerprint density at radius 3 is 2.53 bits per heavy atom. The van der Waals surface area contributed by atoms with E-state index < -0.39 is 23.3 Å². The topological polar surface area (TPSA) is 168 Å². The Morgan fingerprint density at radius 1 is 1.30 bits per heavy atom. The first kappa shape index (κ1) is 22.3. The van der Waals surface area contributed by atoms with Crippen LogP contribution in [0.4, 0.5) is 14.9 Å². The molecule has 158 valence electrons. The SMILES string of the molecule is C/C(=C\C=N)C1(CNC(=O)/C(C=N)=N/Nc2ccc(F)cc2)NC(=O)N/C1=C(\C)N. The maximum atomic E-state index is 13.0. The highest BCUT2D eigenvalue weighted by atomic mass is 19.1. The lowest BCUT2D eigenvalue weighted by atomic mass is 9.86. The summed E-state index contributed by atoms with van der Waals surface area (Å²) in [4.78, 5) is 24.5. The summed E-state index contributed by atoms with van der Waals surface area (Å²) in [6.45, 7) is 3.19. The van der Waals surface area contributed by atoms with Crippen molar-refractivity contribution in [1.82, 2.24) is 16.0 Å². The number of hydrogen-bond acceptors (Lipinski definition) is 7. The molecule has 11 heteroatoms. The molecule has 1 aromatic rings. The molecule has 1 atom stereocenters. The van der Waals surface area contributed by atoms with Crippen molar-refractivity contribution in [2.24, 2.45) is 10.8 Å². The average molecular weight is 414 g/mol. The third-order valence-corrected chi connectivity index (χ3v) is 4.43. The summed E-state index contributed by atoms with van der Waals surface area (Å²) in [5.41, 5.74) is 8.76. The van der Waals surface area contributed by atoms with Gasteiger partial charge in [0, 0.05) is 11.9 Å². The van der Waals surface area contributed by atoms with Crippen molar-refractivity contribution >= 4 is 35.8 Å². The Labute approximate surface area is 172 Å². The lowest BCUT2D eigenvalue weighted by Gasteiger charge is -2.31. The Balaban J connectivity index is 2.23. The predicted octanol–water partition coefficient (Wildman–Crippen LogP) is 1.20. The number of urea groups is 1. The summed E-state index contributed by atoms with van der Waals surface area (Å²) >= 11 is 0. The number of benzene rings is 1. The van der Waals surface area contributed by atoms with Crippen LogP contribution >= 0.6 is 0 Å². The predicted molar refractivity (Wildman–Crippen MR) is 113 cm³/mol. The van der Waals surface area contributed by atoms with E-state index in [1.165, 1.54) is 30.3 Å². The van der Waals surface area contributed by atoms with Crippen LogP contribution in [0.15, 0.2) is 52.4 Å². The Bertz CT molecular complexity index is 948. The summed E-state index contributed by atoms with van der Waals surface area (Å²) in [5.74, 6) is -1.10. The first-order valence-electron chi connectivity index (χ1n) is 8.85. The van der Waals surface area contributed by atoms with Gasteiger partial charge in [0.1, 0.15) is 11.4 Å². The van der Waals surface area contributed by atoms with Gasteiger partial charge in [-0.2, -0.15) is 5.10 Å². The number of halogens is 1. The fourth-order valence-electron chi connectivity index (χ4n) is 2.88. The van der Waals surface area contributed by atoms with Gasteiger partial charge in [-0.1, -0.05) is 0 Å². The number of nitrogens with zero attached hydrogens (tertiary/aromatic N) is 1. The molecule has 0 spiro atoms. The molecule has 1 unspecified atom stereocenters. The van der Waals surface area contributed by atoms with E-state index in [4.69, 9.17) is 16.6 Å². The second kappa shape index (κ2) is 9.45. The lowest BCUT2D eigenvalue weighted by molar-refractivity contribution is -0.114. The second-order valence-electron chi connectivity index (χ2n) is 6.50. The van der Waals surface area contributed by atoms with Gasteiger partial charge in [-0.05, 0) is 49.8 Å². The van der Waals surface area contributed by atoms with Gasteiger partial charge in [0.05, 0.1) is 24.1 Å². The number of nitrogens with one attached hydrogen (secondary N) is 6. The van der Waals surface area contributed by atoms with Crippen LogP contribution in [0.1, 0.15) is 13.8 Å². The number of hydrogen-bond donors (Lipinski definition) is 7. The van der Waals surface area contributed by atoms with Crippen LogP contribution in [0, 0.1) is 16.6 Å². The van der Waals surface area contributed by atoms with E-state index in [-0.39, 0.29) is 12.3 Å². The molecule has 1 aliphatic rings. The molecule has 1 aromatic carbocycles. The summed E-state index contributed by atoms with van der Waals surface area (Å²) in [6.07, 6.45) is 3.29. The van der Waals surface area contributed by atoms with Crippen LogP contribution in [-0.2, 0) is 4.79 Å². The number of allylic oxidation sites excluding steroid dienone is 2. The van der Waals surface area contributed by atoms with Crippen molar-refractivity contribution in [3.8, 4) is 0 Å². The van der Waals surface area contributed by atoms with E-state index in [1.807, 2.05) is 0 Å². The number of nitrogens with two attached hydrogens (primary N) is 1. The molecule has 30 heavy (non-hydrogen) atoms. The fourth-order valence-corrected chi connectivity index (χ4v) is 2.88. The van der Waals surface area contributed by atoms with Crippen LogP contribution in [-0.4, -0.2) is 42.2 Å². The number of carbonyl (C=O) groups excluding carboxylic acids is 2. The van der Waals surface area contributed by atoms with Gasteiger partial charge in [-0.25, -0.2) is 9.18 Å². The third kappa shape index (κ3) is 4.87. The van der Waals surface area contributed by atoms with E-state index in [2.05, 4.69) is 26.5 Å². The van der Waals surface area contributed by atoms with Crippen molar-refractivity contribution in [2.45, 2.75) is 19.4 Å². The van der Waals surface area contributed by atoms with Crippen molar-refractivity contribution in [3.05, 3.63) is 53.1 Å². The van der Waals surface area contributed by atoms with Gasteiger partial charge >= 0.3 is 6.03 Å². The highest BCUT2D eigenvalue weighted by Crippen LogP contribution is 2.28. The number of carbonyl (C=O) groups is 2. The van der Waals surface area contributed by atoms with Crippen molar-refractivity contribution in [3.63, 3.8) is 0 Å². The molecule has 1 fully saturated rings. The molecule has 1 heterocycles. The highest BCUT2D eigenvalue weighted by Gasteiger charge is 2.45. The van der Waals surface area contributed by atoms with Crippen LogP contribution in [0.25, 0.3) is 0 Å². The average Bonchev–Trinajstić information content (AvgIpc) is 3.06. The summed E-state index contributed by atoms with van der Waals surface area (Å²) in [5, 5.41) is 26.6. The summed E-state index contributed by atoms with van der Waals surface area (Å²) in [6, 6.07) is 4.81. The first-order chi connectivity index (χ1) is 14.2. The van der Waals surface area contributed by atoms with Crippen molar-refractivity contribution in [1.29, 1.82) is 10.8 Å². The molecule has 10 nitrogen and oxygen atoms in total. The molecule has 0 aliphatic carbocycles. The lowest BCUT2D eigenvalue weighted by Crippen LogP contribution is -2.54. The zero-order valence-electron chi connectivity index (χ0n) is 16.5. The van der Waals surface area contributed by atoms with Gasteiger partial charge < -0.3 is 32.5 Å². The summed E-state index contributed by atoms with van der Waals surface area (Å²) < 4.78 is 13.0. The van der Waals surface area contributed by atoms with Crippen LogP contribution in [0.2, 0.25) is 0 Å².